The highest BCUT2D eigenvalue weighted by atomic mass is 79.9. The Morgan fingerprint density at radius 2 is 2.05 bits per heavy atom. The van der Waals surface area contributed by atoms with Crippen LogP contribution < -0.4 is 15.5 Å². The number of nitrogens with zero attached hydrogens (tertiary/aromatic N) is 1. The molecule has 0 bridgehead atoms. The van der Waals surface area contributed by atoms with Crippen LogP contribution in [0.1, 0.15) is 32.3 Å². The maximum absolute atomic E-state index is 11.4. The van der Waals surface area contributed by atoms with E-state index in [2.05, 4.69) is 31.8 Å². The first kappa shape index (κ1) is 18.2. The van der Waals surface area contributed by atoms with E-state index < -0.39 is 11.8 Å². The summed E-state index contributed by atoms with van der Waals surface area (Å²) in [5.74, 6) is -0.725. The predicted molar refractivity (Wildman–Crippen MR) is 89.0 cm³/mol. The van der Waals surface area contributed by atoms with Crippen LogP contribution in [-0.2, 0) is 9.59 Å². The Morgan fingerprint density at radius 1 is 1.27 bits per heavy atom. The molecule has 0 saturated heterocycles. The first-order chi connectivity index (χ1) is 10.6. The second-order valence-electron chi connectivity index (χ2n) is 4.49. The molecule has 0 aromatic heterocycles. The Labute approximate surface area is 138 Å². The number of carbonyl (C=O) groups is 2. The molecule has 2 N–H and O–H groups in total. The molecule has 0 radical (unpaired) electrons. The Balaban J connectivity index is 2.54. The SMILES string of the molecule is CCCNC(=O)C(=O)N/N=C\c1ccc(OCCC)c(Br)c1. The summed E-state index contributed by atoms with van der Waals surface area (Å²) in [5.41, 5.74) is 2.95. The fourth-order valence-corrected chi connectivity index (χ4v) is 1.97. The summed E-state index contributed by atoms with van der Waals surface area (Å²) in [6.07, 6.45) is 3.16. The largest absolute Gasteiger partial charge is 0.492 e. The third kappa shape index (κ3) is 6.26. The molecule has 0 heterocycles. The molecule has 1 rings (SSSR count). The Kier molecular flexibility index (Phi) is 8.21. The van der Waals surface area contributed by atoms with Crippen molar-refractivity contribution in [3.8, 4) is 5.75 Å². The molecule has 0 spiro atoms. The zero-order valence-electron chi connectivity index (χ0n) is 12.7. The molecule has 0 aliphatic carbocycles. The topological polar surface area (TPSA) is 79.8 Å². The van der Waals surface area contributed by atoms with Gasteiger partial charge in [-0.15, -0.1) is 0 Å². The molecule has 7 heteroatoms. The highest BCUT2D eigenvalue weighted by Gasteiger charge is 2.10. The highest BCUT2D eigenvalue weighted by Crippen LogP contribution is 2.25. The van der Waals surface area contributed by atoms with Crippen molar-refractivity contribution >= 4 is 34.0 Å². The quantitative estimate of drug-likeness (QED) is 0.439. The smallest absolute Gasteiger partial charge is 0.329 e. The van der Waals surface area contributed by atoms with Gasteiger partial charge in [0.05, 0.1) is 17.3 Å². The first-order valence-corrected chi connectivity index (χ1v) is 7.91. The third-order valence-electron chi connectivity index (χ3n) is 2.54. The van der Waals surface area contributed by atoms with Gasteiger partial charge in [-0.25, -0.2) is 5.43 Å². The van der Waals surface area contributed by atoms with Gasteiger partial charge in [-0.3, -0.25) is 9.59 Å². The molecule has 0 fully saturated rings. The lowest BCUT2D eigenvalue weighted by Gasteiger charge is -2.07. The van der Waals surface area contributed by atoms with Gasteiger partial charge in [0.25, 0.3) is 0 Å². The standard InChI is InChI=1S/C15H20BrN3O3/c1-3-7-17-14(20)15(21)19-18-10-11-5-6-13(12(16)9-11)22-8-4-2/h5-6,9-10H,3-4,7-8H2,1-2H3,(H,17,20)(H,19,21)/b18-10-. The molecule has 22 heavy (non-hydrogen) atoms. The lowest BCUT2D eigenvalue weighted by Crippen LogP contribution is -2.38. The Hall–Kier alpha value is -1.89. The second-order valence-corrected chi connectivity index (χ2v) is 5.35. The number of hydrazone groups is 1. The lowest BCUT2D eigenvalue weighted by atomic mass is 10.2. The number of halogens is 1. The van der Waals surface area contributed by atoms with Crippen LogP contribution in [0.5, 0.6) is 5.75 Å². The van der Waals surface area contributed by atoms with Crippen molar-refractivity contribution in [2.75, 3.05) is 13.2 Å². The molecule has 0 aliphatic heterocycles. The van der Waals surface area contributed by atoms with Gasteiger partial charge in [-0.1, -0.05) is 13.8 Å². The minimum atomic E-state index is -0.785. The van der Waals surface area contributed by atoms with Crippen LogP contribution in [0.4, 0.5) is 0 Å². The summed E-state index contributed by atoms with van der Waals surface area (Å²) in [6.45, 7) is 5.05. The Morgan fingerprint density at radius 3 is 2.68 bits per heavy atom. The van der Waals surface area contributed by atoms with Crippen LogP contribution in [0.15, 0.2) is 27.8 Å². The van der Waals surface area contributed by atoms with Gasteiger partial charge in [0, 0.05) is 6.54 Å². The van der Waals surface area contributed by atoms with Crippen molar-refractivity contribution in [2.45, 2.75) is 26.7 Å². The summed E-state index contributed by atoms with van der Waals surface area (Å²) in [6, 6.07) is 5.44. The highest BCUT2D eigenvalue weighted by molar-refractivity contribution is 9.10. The normalized spacial score (nSPS) is 10.5. The van der Waals surface area contributed by atoms with Crippen LogP contribution in [0.3, 0.4) is 0 Å². The van der Waals surface area contributed by atoms with Crippen molar-refractivity contribution in [3.05, 3.63) is 28.2 Å². The summed E-state index contributed by atoms with van der Waals surface area (Å²) in [7, 11) is 0. The Bertz CT molecular complexity index is 547. The van der Waals surface area contributed by atoms with E-state index in [9.17, 15) is 9.59 Å². The van der Waals surface area contributed by atoms with Crippen molar-refractivity contribution in [1.82, 2.24) is 10.7 Å². The summed E-state index contributed by atoms with van der Waals surface area (Å²) in [5, 5.41) is 6.22. The minimum absolute atomic E-state index is 0.460. The van der Waals surface area contributed by atoms with E-state index in [1.54, 1.807) is 0 Å². The molecule has 0 saturated carbocycles. The molecule has 0 atom stereocenters. The average molecular weight is 370 g/mol. The van der Waals surface area contributed by atoms with Crippen LogP contribution >= 0.6 is 15.9 Å². The monoisotopic (exact) mass is 369 g/mol. The van der Waals surface area contributed by atoms with Crippen LogP contribution in [0.2, 0.25) is 0 Å². The van der Waals surface area contributed by atoms with Gasteiger partial charge in [-0.05, 0) is 52.5 Å². The second kappa shape index (κ2) is 9.94. The molecule has 2 amide bonds. The molecular weight excluding hydrogens is 350 g/mol. The number of amides is 2. The van der Waals surface area contributed by atoms with Gasteiger partial charge in [0.15, 0.2) is 0 Å². The molecule has 120 valence electrons. The first-order valence-electron chi connectivity index (χ1n) is 7.12. The number of nitrogens with one attached hydrogen (secondary N) is 2. The fourth-order valence-electron chi connectivity index (χ4n) is 1.46. The molecule has 1 aromatic rings. The van der Waals surface area contributed by atoms with Crippen molar-refractivity contribution in [1.29, 1.82) is 0 Å². The van der Waals surface area contributed by atoms with E-state index in [-0.39, 0.29) is 0 Å². The number of ether oxygens (including phenoxy) is 1. The van der Waals surface area contributed by atoms with Crippen molar-refractivity contribution in [3.63, 3.8) is 0 Å². The van der Waals surface area contributed by atoms with E-state index >= 15 is 0 Å². The zero-order valence-corrected chi connectivity index (χ0v) is 14.3. The predicted octanol–water partition coefficient (Wildman–Crippen LogP) is 2.21. The maximum Gasteiger partial charge on any atom is 0.329 e. The van der Waals surface area contributed by atoms with Crippen LogP contribution in [-0.4, -0.2) is 31.2 Å². The van der Waals surface area contributed by atoms with Gasteiger partial charge in [0.2, 0.25) is 0 Å². The van der Waals surface area contributed by atoms with Crippen molar-refractivity contribution < 1.29 is 14.3 Å². The number of benzene rings is 1. The number of rotatable bonds is 7. The van der Waals surface area contributed by atoms with E-state index in [0.29, 0.717) is 13.2 Å². The van der Waals surface area contributed by atoms with E-state index in [4.69, 9.17) is 4.74 Å². The molecule has 0 aliphatic rings. The molecular formula is C15H20BrN3O3. The maximum atomic E-state index is 11.4. The number of hydrogen-bond acceptors (Lipinski definition) is 4. The van der Waals surface area contributed by atoms with E-state index in [0.717, 1.165) is 28.6 Å². The molecule has 0 unspecified atom stereocenters. The molecule has 6 nitrogen and oxygen atoms in total. The van der Waals surface area contributed by atoms with Gasteiger partial charge >= 0.3 is 11.8 Å². The summed E-state index contributed by atoms with van der Waals surface area (Å²) >= 11 is 3.41. The summed E-state index contributed by atoms with van der Waals surface area (Å²) < 4.78 is 6.34. The van der Waals surface area contributed by atoms with E-state index in [1.165, 1.54) is 6.21 Å². The van der Waals surface area contributed by atoms with Crippen LogP contribution in [0, 0.1) is 0 Å². The average Bonchev–Trinajstić information content (AvgIpc) is 2.51. The van der Waals surface area contributed by atoms with Crippen molar-refractivity contribution in [2.24, 2.45) is 5.10 Å². The summed E-state index contributed by atoms with van der Waals surface area (Å²) in [4.78, 5) is 22.7. The van der Waals surface area contributed by atoms with E-state index in [1.807, 2.05) is 32.0 Å². The third-order valence-corrected chi connectivity index (χ3v) is 3.16. The number of carbonyl (C=O) groups excluding carboxylic acids is 2. The minimum Gasteiger partial charge on any atom is -0.492 e. The van der Waals surface area contributed by atoms with Crippen LogP contribution in [0.25, 0.3) is 0 Å². The zero-order chi connectivity index (χ0) is 16.4. The van der Waals surface area contributed by atoms with Gasteiger partial charge in [-0.2, -0.15) is 5.10 Å². The van der Waals surface area contributed by atoms with Gasteiger partial charge < -0.3 is 10.1 Å². The fraction of sp³-hybridized carbons (Fsp3) is 0.400. The molecule has 1 aromatic carbocycles. The van der Waals surface area contributed by atoms with Gasteiger partial charge in [0.1, 0.15) is 5.75 Å². The lowest BCUT2D eigenvalue weighted by molar-refractivity contribution is -0.139. The number of hydrogen-bond donors (Lipinski definition) is 2.